The number of hydrogen-bond acceptors (Lipinski definition) is 2. The second-order valence-corrected chi connectivity index (χ2v) is 5.23. The molecule has 2 aromatic carbocycles. The monoisotopic (exact) mass is 289 g/mol. The maximum atomic E-state index is 6.01. The van der Waals surface area contributed by atoms with Crippen LogP contribution in [0.4, 0.5) is 0 Å². The lowest BCUT2D eigenvalue weighted by molar-refractivity contribution is 0.214. The fourth-order valence-electron chi connectivity index (χ4n) is 2.15. The van der Waals surface area contributed by atoms with Crippen molar-refractivity contribution in [1.29, 1.82) is 0 Å². The molecule has 3 heteroatoms. The van der Waals surface area contributed by atoms with Crippen molar-refractivity contribution in [3.8, 4) is 5.75 Å². The first-order valence-electron chi connectivity index (χ1n) is 6.94. The van der Waals surface area contributed by atoms with E-state index in [9.17, 15) is 0 Å². The first-order valence-corrected chi connectivity index (χ1v) is 7.32. The van der Waals surface area contributed by atoms with E-state index in [0.717, 1.165) is 24.2 Å². The third kappa shape index (κ3) is 3.99. The predicted octanol–water partition coefficient (Wildman–Crippen LogP) is 4.37. The molecule has 0 spiro atoms. The lowest BCUT2D eigenvalue weighted by Crippen LogP contribution is -2.18. The summed E-state index contributed by atoms with van der Waals surface area (Å²) < 4.78 is 5.95. The number of rotatable bonds is 6. The molecule has 2 aromatic rings. The predicted molar refractivity (Wildman–Crippen MR) is 84.3 cm³/mol. The van der Waals surface area contributed by atoms with E-state index in [1.807, 2.05) is 36.4 Å². The molecular weight excluding hydrogens is 270 g/mol. The summed E-state index contributed by atoms with van der Waals surface area (Å²) in [7, 11) is 0. The van der Waals surface area contributed by atoms with Crippen LogP contribution in [0.1, 0.15) is 30.6 Å². The summed E-state index contributed by atoms with van der Waals surface area (Å²) in [6, 6.07) is 15.8. The van der Waals surface area contributed by atoms with E-state index in [1.54, 1.807) is 0 Å². The molecule has 0 saturated carbocycles. The zero-order valence-corrected chi connectivity index (χ0v) is 12.4. The molecule has 0 saturated heterocycles. The molecule has 0 amide bonds. The molecule has 1 unspecified atom stereocenters. The van der Waals surface area contributed by atoms with Gasteiger partial charge in [0.25, 0.3) is 0 Å². The number of hydrogen-bond donors (Lipinski definition) is 1. The van der Waals surface area contributed by atoms with Crippen molar-refractivity contribution in [3.63, 3.8) is 0 Å². The molecule has 0 bridgehead atoms. The highest BCUT2D eigenvalue weighted by Crippen LogP contribution is 2.24. The minimum Gasteiger partial charge on any atom is -0.484 e. The van der Waals surface area contributed by atoms with Gasteiger partial charge in [-0.25, -0.2) is 0 Å². The summed E-state index contributed by atoms with van der Waals surface area (Å²) in [6.45, 7) is 2.59. The van der Waals surface area contributed by atoms with Gasteiger partial charge in [0, 0.05) is 11.6 Å². The number of aryl methyl sites for hydroxylation is 1. The second kappa shape index (κ2) is 7.32. The molecule has 106 valence electrons. The third-order valence-corrected chi connectivity index (χ3v) is 3.41. The Balaban J connectivity index is 2.09. The molecule has 0 fully saturated rings. The van der Waals surface area contributed by atoms with Crippen LogP contribution in [-0.4, -0.2) is 6.54 Å². The van der Waals surface area contributed by atoms with Gasteiger partial charge in [-0.2, -0.15) is 0 Å². The summed E-state index contributed by atoms with van der Waals surface area (Å²) in [5.74, 6) is 0.834. The summed E-state index contributed by atoms with van der Waals surface area (Å²) in [5, 5.41) is 0.697. The standard InChI is InChI=1S/C17H20ClNO/c1-2-4-13-7-9-16(10-8-13)20-17(12-19)14-5-3-6-15(18)11-14/h3,5-11,17H,2,4,12,19H2,1H3. The van der Waals surface area contributed by atoms with Crippen LogP contribution in [0.3, 0.4) is 0 Å². The van der Waals surface area contributed by atoms with E-state index < -0.39 is 0 Å². The molecule has 0 aromatic heterocycles. The first-order chi connectivity index (χ1) is 9.72. The van der Waals surface area contributed by atoms with Gasteiger partial charge in [-0.3, -0.25) is 0 Å². The molecule has 0 heterocycles. The van der Waals surface area contributed by atoms with E-state index >= 15 is 0 Å². The fraction of sp³-hybridized carbons (Fsp3) is 0.294. The number of nitrogens with two attached hydrogens (primary N) is 1. The molecule has 0 radical (unpaired) electrons. The van der Waals surface area contributed by atoms with E-state index in [4.69, 9.17) is 22.1 Å². The van der Waals surface area contributed by atoms with Crippen LogP contribution >= 0.6 is 11.6 Å². The highest BCUT2D eigenvalue weighted by molar-refractivity contribution is 6.30. The van der Waals surface area contributed by atoms with Crippen LogP contribution in [0.15, 0.2) is 48.5 Å². The normalized spacial score (nSPS) is 12.2. The van der Waals surface area contributed by atoms with Crippen molar-refractivity contribution in [3.05, 3.63) is 64.7 Å². The Hall–Kier alpha value is -1.51. The van der Waals surface area contributed by atoms with E-state index in [2.05, 4.69) is 19.1 Å². The average molecular weight is 290 g/mol. The molecular formula is C17H20ClNO. The summed E-state index contributed by atoms with van der Waals surface area (Å²) in [5.41, 5.74) is 8.14. The first kappa shape index (κ1) is 14.9. The Morgan fingerprint density at radius 3 is 2.50 bits per heavy atom. The van der Waals surface area contributed by atoms with Gasteiger partial charge >= 0.3 is 0 Å². The largest absolute Gasteiger partial charge is 0.484 e. The zero-order chi connectivity index (χ0) is 14.4. The van der Waals surface area contributed by atoms with Crippen LogP contribution in [0.2, 0.25) is 5.02 Å². The van der Waals surface area contributed by atoms with Gasteiger partial charge in [0.1, 0.15) is 11.9 Å². The van der Waals surface area contributed by atoms with Gasteiger partial charge in [0.05, 0.1) is 0 Å². The van der Waals surface area contributed by atoms with E-state index in [-0.39, 0.29) is 6.10 Å². The highest BCUT2D eigenvalue weighted by atomic mass is 35.5. The third-order valence-electron chi connectivity index (χ3n) is 3.17. The summed E-state index contributed by atoms with van der Waals surface area (Å²) in [6.07, 6.45) is 2.06. The van der Waals surface area contributed by atoms with Gasteiger partial charge < -0.3 is 10.5 Å². The van der Waals surface area contributed by atoms with Gasteiger partial charge in [0.15, 0.2) is 0 Å². The minimum absolute atomic E-state index is 0.175. The topological polar surface area (TPSA) is 35.2 Å². The van der Waals surface area contributed by atoms with Crippen LogP contribution < -0.4 is 10.5 Å². The quantitative estimate of drug-likeness (QED) is 0.857. The lowest BCUT2D eigenvalue weighted by atomic mass is 10.1. The second-order valence-electron chi connectivity index (χ2n) is 4.79. The zero-order valence-electron chi connectivity index (χ0n) is 11.7. The maximum absolute atomic E-state index is 6.01. The highest BCUT2D eigenvalue weighted by Gasteiger charge is 2.11. The Labute approximate surface area is 125 Å². The Bertz CT molecular complexity index is 539. The van der Waals surface area contributed by atoms with Crippen molar-refractivity contribution >= 4 is 11.6 Å². The molecule has 1 atom stereocenters. The SMILES string of the molecule is CCCc1ccc(OC(CN)c2cccc(Cl)c2)cc1. The van der Waals surface area contributed by atoms with Crippen LogP contribution in [0.5, 0.6) is 5.75 Å². The Kier molecular flexibility index (Phi) is 5.45. The lowest BCUT2D eigenvalue weighted by Gasteiger charge is -2.18. The molecule has 2 rings (SSSR count). The molecule has 2 N–H and O–H groups in total. The van der Waals surface area contributed by atoms with Gasteiger partial charge in [-0.15, -0.1) is 0 Å². The molecule has 0 aliphatic heterocycles. The van der Waals surface area contributed by atoms with Gasteiger partial charge in [-0.1, -0.05) is 49.2 Å². The molecule has 0 aliphatic carbocycles. The molecule has 0 aliphatic rings. The Morgan fingerprint density at radius 1 is 1.15 bits per heavy atom. The van der Waals surface area contributed by atoms with Crippen molar-refractivity contribution in [1.82, 2.24) is 0 Å². The fourth-order valence-corrected chi connectivity index (χ4v) is 2.35. The van der Waals surface area contributed by atoms with Crippen molar-refractivity contribution in [2.45, 2.75) is 25.9 Å². The van der Waals surface area contributed by atoms with Crippen molar-refractivity contribution in [2.75, 3.05) is 6.54 Å². The van der Waals surface area contributed by atoms with Crippen LogP contribution in [0.25, 0.3) is 0 Å². The Morgan fingerprint density at radius 2 is 1.90 bits per heavy atom. The maximum Gasteiger partial charge on any atom is 0.136 e. The number of benzene rings is 2. The molecule has 20 heavy (non-hydrogen) atoms. The van der Waals surface area contributed by atoms with Gasteiger partial charge in [0.2, 0.25) is 0 Å². The summed E-state index contributed by atoms with van der Waals surface area (Å²) >= 11 is 6.01. The number of halogens is 1. The minimum atomic E-state index is -0.175. The van der Waals surface area contributed by atoms with E-state index in [0.29, 0.717) is 11.6 Å². The summed E-state index contributed by atoms with van der Waals surface area (Å²) in [4.78, 5) is 0. The average Bonchev–Trinajstić information content (AvgIpc) is 2.47. The van der Waals surface area contributed by atoms with Gasteiger partial charge in [-0.05, 0) is 41.8 Å². The van der Waals surface area contributed by atoms with Crippen LogP contribution in [0, 0.1) is 0 Å². The van der Waals surface area contributed by atoms with Crippen molar-refractivity contribution < 1.29 is 4.74 Å². The van der Waals surface area contributed by atoms with E-state index in [1.165, 1.54) is 5.56 Å². The smallest absolute Gasteiger partial charge is 0.136 e. The number of ether oxygens (including phenoxy) is 1. The van der Waals surface area contributed by atoms with Crippen molar-refractivity contribution in [2.24, 2.45) is 5.73 Å². The van der Waals surface area contributed by atoms with Crippen LogP contribution in [-0.2, 0) is 6.42 Å². The molecule has 2 nitrogen and oxygen atoms in total.